The highest BCUT2D eigenvalue weighted by molar-refractivity contribution is 8.03. The lowest BCUT2D eigenvalue weighted by Crippen LogP contribution is -2.22. The van der Waals surface area contributed by atoms with Crippen molar-refractivity contribution in [1.29, 1.82) is 0 Å². The summed E-state index contributed by atoms with van der Waals surface area (Å²) < 4.78 is 0. The number of carbonyl (C=O) groups is 1. The quantitative estimate of drug-likeness (QED) is 0.879. The van der Waals surface area contributed by atoms with Crippen molar-refractivity contribution in [3.8, 4) is 0 Å². The minimum atomic E-state index is -0.733. The third-order valence-corrected chi connectivity index (χ3v) is 3.65. The topological polar surface area (TPSA) is 37.3 Å². The van der Waals surface area contributed by atoms with E-state index in [0.717, 1.165) is 6.42 Å². The van der Waals surface area contributed by atoms with Crippen LogP contribution in [0.25, 0.3) is 12.2 Å². The van der Waals surface area contributed by atoms with Crippen LogP contribution in [-0.4, -0.2) is 16.8 Å². The molecule has 1 N–H and O–H groups in total. The van der Waals surface area contributed by atoms with E-state index in [-0.39, 0.29) is 6.42 Å². The average Bonchev–Trinajstić information content (AvgIpc) is 2.52. The Balaban J connectivity index is 2.07. The number of hydrogen-bond acceptors (Lipinski definition) is 2. The molecule has 2 rings (SSSR count). The molecule has 17 heavy (non-hydrogen) atoms. The molecule has 0 bridgehead atoms. The summed E-state index contributed by atoms with van der Waals surface area (Å²) in [4.78, 5) is 11.7. The van der Waals surface area contributed by atoms with E-state index >= 15 is 0 Å². The number of carboxylic acids is 1. The molecule has 0 saturated heterocycles. The second-order valence-electron chi connectivity index (χ2n) is 3.83. The summed E-state index contributed by atoms with van der Waals surface area (Å²) in [5.41, 5.74) is 0. The number of carboxylic acid groups (broad SMARTS) is 1. The molecule has 88 valence electrons. The van der Waals surface area contributed by atoms with Gasteiger partial charge in [-0.3, -0.25) is 4.79 Å². The van der Waals surface area contributed by atoms with Gasteiger partial charge < -0.3 is 5.11 Å². The van der Waals surface area contributed by atoms with Crippen LogP contribution in [0.15, 0.2) is 35.2 Å². The highest BCUT2D eigenvalue weighted by atomic mass is 32.2. The Morgan fingerprint density at radius 3 is 2.76 bits per heavy atom. The molecular weight excluding hydrogens is 232 g/mol. The fourth-order valence-electron chi connectivity index (χ4n) is 1.69. The van der Waals surface area contributed by atoms with Gasteiger partial charge in [-0.2, -0.15) is 0 Å². The lowest BCUT2D eigenvalue weighted by molar-refractivity contribution is -0.136. The Morgan fingerprint density at radius 2 is 2.00 bits per heavy atom. The van der Waals surface area contributed by atoms with Crippen molar-refractivity contribution in [2.45, 2.75) is 12.8 Å². The molecule has 0 aliphatic heterocycles. The van der Waals surface area contributed by atoms with Gasteiger partial charge in [0, 0.05) is 5.75 Å². The third kappa shape index (κ3) is 3.49. The Kier molecular flexibility index (Phi) is 4.04. The van der Waals surface area contributed by atoms with Gasteiger partial charge in [-0.25, -0.2) is 0 Å². The lowest BCUT2D eigenvalue weighted by atomic mass is 10.2. The van der Waals surface area contributed by atoms with Gasteiger partial charge in [0.1, 0.15) is 0 Å². The molecule has 0 amide bonds. The van der Waals surface area contributed by atoms with Gasteiger partial charge in [-0.1, -0.05) is 42.5 Å². The summed E-state index contributed by atoms with van der Waals surface area (Å²) in [6.07, 6.45) is 7.49. The van der Waals surface area contributed by atoms with Crippen LogP contribution >= 0.6 is 11.8 Å². The molecule has 0 saturated carbocycles. The van der Waals surface area contributed by atoms with Crippen molar-refractivity contribution in [3.63, 3.8) is 0 Å². The Hall–Kier alpha value is -1.48. The standard InChI is InChI=1S/C14H14O2S/c15-14(16)9-10-17-13-7-5-11-3-1-2-4-12(11)6-8-13/h1-7H,8-10H2,(H,15,16). The number of benzene rings is 1. The number of hydrogen-bond donors (Lipinski definition) is 1. The van der Waals surface area contributed by atoms with Gasteiger partial charge in [-0.15, -0.1) is 11.8 Å². The maximum atomic E-state index is 10.4. The maximum absolute atomic E-state index is 10.4. The van der Waals surface area contributed by atoms with E-state index in [1.54, 1.807) is 11.8 Å². The predicted octanol–water partition coefficient (Wildman–Crippen LogP) is 1.74. The first-order valence-corrected chi connectivity index (χ1v) is 6.55. The first-order valence-electron chi connectivity index (χ1n) is 5.56. The molecule has 0 radical (unpaired) electrons. The van der Waals surface area contributed by atoms with Crippen LogP contribution in [0.1, 0.15) is 12.8 Å². The van der Waals surface area contributed by atoms with E-state index in [0.29, 0.717) is 5.75 Å². The summed E-state index contributed by atoms with van der Waals surface area (Å²) in [5.74, 6) is -0.0953. The van der Waals surface area contributed by atoms with Gasteiger partial charge >= 0.3 is 5.97 Å². The Labute approximate surface area is 104 Å². The zero-order valence-electron chi connectivity index (χ0n) is 9.43. The van der Waals surface area contributed by atoms with Gasteiger partial charge in [0.25, 0.3) is 0 Å². The SMILES string of the molecule is O=C(O)CCSC1=CC=c2ccccc2=CC1. The van der Waals surface area contributed by atoms with Crippen molar-refractivity contribution >= 4 is 29.9 Å². The van der Waals surface area contributed by atoms with Gasteiger partial charge in [0.2, 0.25) is 0 Å². The number of aliphatic carboxylic acids is 1. The first kappa shape index (κ1) is 12.0. The van der Waals surface area contributed by atoms with E-state index in [9.17, 15) is 4.79 Å². The molecule has 1 aliphatic rings. The highest BCUT2D eigenvalue weighted by Gasteiger charge is 2.01. The minimum absolute atomic E-state index is 0.217. The number of rotatable bonds is 4. The molecule has 0 unspecified atom stereocenters. The molecule has 0 spiro atoms. The van der Waals surface area contributed by atoms with E-state index in [1.165, 1.54) is 15.3 Å². The van der Waals surface area contributed by atoms with Crippen molar-refractivity contribution in [2.75, 3.05) is 5.75 Å². The lowest BCUT2D eigenvalue weighted by Gasteiger charge is -2.00. The maximum Gasteiger partial charge on any atom is 0.304 e. The fraction of sp³-hybridized carbons (Fsp3) is 0.214. The predicted molar refractivity (Wildman–Crippen MR) is 72.0 cm³/mol. The second-order valence-corrected chi connectivity index (χ2v) is 5.05. The fourth-order valence-corrected chi connectivity index (χ4v) is 2.59. The summed E-state index contributed by atoms with van der Waals surface area (Å²) >= 11 is 1.63. The van der Waals surface area contributed by atoms with E-state index < -0.39 is 5.97 Å². The molecule has 1 aromatic rings. The number of fused-ring (bicyclic) bond motifs is 1. The molecule has 1 aliphatic carbocycles. The van der Waals surface area contributed by atoms with Gasteiger partial charge in [0.05, 0.1) is 6.42 Å². The zero-order chi connectivity index (χ0) is 12.1. The largest absolute Gasteiger partial charge is 0.481 e. The van der Waals surface area contributed by atoms with Crippen molar-refractivity contribution in [3.05, 3.63) is 45.7 Å². The van der Waals surface area contributed by atoms with Crippen LogP contribution in [-0.2, 0) is 4.79 Å². The molecule has 2 nitrogen and oxygen atoms in total. The third-order valence-electron chi connectivity index (χ3n) is 2.57. The van der Waals surface area contributed by atoms with E-state index in [1.807, 2.05) is 12.1 Å². The molecule has 0 fully saturated rings. The molecule has 0 atom stereocenters. The van der Waals surface area contributed by atoms with Crippen LogP contribution in [0.3, 0.4) is 0 Å². The average molecular weight is 246 g/mol. The van der Waals surface area contributed by atoms with Crippen molar-refractivity contribution in [1.82, 2.24) is 0 Å². The smallest absolute Gasteiger partial charge is 0.304 e. The number of thioether (sulfide) groups is 1. The van der Waals surface area contributed by atoms with Crippen LogP contribution in [0.2, 0.25) is 0 Å². The van der Waals surface area contributed by atoms with Crippen molar-refractivity contribution in [2.24, 2.45) is 0 Å². The van der Waals surface area contributed by atoms with Crippen LogP contribution in [0.5, 0.6) is 0 Å². The highest BCUT2D eigenvalue weighted by Crippen LogP contribution is 2.21. The van der Waals surface area contributed by atoms with E-state index in [2.05, 4.69) is 30.4 Å². The molecular formula is C14H14O2S. The Bertz CT molecular complexity index is 558. The second kappa shape index (κ2) is 5.73. The van der Waals surface area contributed by atoms with E-state index in [4.69, 9.17) is 5.11 Å². The molecule has 3 heteroatoms. The zero-order valence-corrected chi connectivity index (χ0v) is 10.2. The summed E-state index contributed by atoms with van der Waals surface area (Å²) in [5, 5.41) is 11.1. The van der Waals surface area contributed by atoms with Crippen LogP contribution < -0.4 is 10.4 Å². The first-order chi connectivity index (χ1) is 8.25. The molecule has 0 aromatic heterocycles. The van der Waals surface area contributed by atoms with Gasteiger partial charge in [-0.05, 0) is 21.8 Å². The summed E-state index contributed by atoms with van der Waals surface area (Å²) in [6, 6.07) is 8.25. The number of allylic oxidation sites excluding steroid dienone is 2. The summed E-state index contributed by atoms with van der Waals surface area (Å²) in [6.45, 7) is 0. The molecule has 1 aromatic carbocycles. The normalized spacial score (nSPS) is 13.8. The monoisotopic (exact) mass is 246 g/mol. The molecule has 0 heterocycles. The van der Waals surface area contributed by atoms with Crippen molar-refractivity contribution < 1.29 is 9.90 Å². The van der Waals surface area contributed by atoms with Crippen LogP contribution in [0.4, 0.5) is 0 Å². The van der Waals surface area contributed by atoms with Crippen LogP contribution in [0, 0.1) is 0 Å². The summed E-state index contributed by atoms with van der Waals surface area (Å²) in [7, 11) is 0. The Morgan fingerprint density at radius 1 is 1.24 bits per heavy atom. The van der Waals surface area contributed by atoms with Gasteiger partial charge in [0.15, 0.2) is 0 Å². The minimum Gasteiger partial charge on any atom is -0.481 e.